The van der Waals surface area contributed by atoms with Crippen molar-refractivity contribution in [1.82, 2.24) is 14.5 Å². The molecule has 1 aromatic carbocycles. The predicted molar refractivity (Wildman–Crippen MR) is 108 cm³/mol. The van der Waals surface area contributed by atoms with Gasteiger partial charge in [-0.15, -0.1) is 0 Å². The van der Waals surface area contributed by atoms with Crippen molar-refractivity contribution < 1.29 is 9.53 Å². The zero-order chi connectivity index (χ0) is 19.4. The fraction of sp³-hybridized carbons (Fsp3) is 0.550. The molecule has 2 aromatic rings. The average Bonchev–Trinajstić information content (AvgIpc) is 2.67. The molecule has 1 amide bonds. The van der Waals surface area contributed by atoms with Gasteiger partial charge in [0.15, 0.2) is 5.16 Å². The zero-order valence-electron chi connectivity index (χ0n) is 16.2. The largest absolute Gasteiger partial charge is 0.383 e. The van der Waals surface area contributed by atoms with Crippen LogP contribution < -0.4 is 5.56 Å². The molecule has 1 aromatic heterocycles. The number of likely N-dealkylation sites (tertiary alicyclic amines) is 1. The quantitative estimate of drug-likeness (QED) is 0.561. The summed E-state index contributed by atoms with van der Waals surface area (Å²) < 4.78 is 6.89. The topological polar surface area (TPSA) is 64.4 Å². The lowest BCUT2D eigenvalue weighted by Gasteiger charge is -2.30. The van der Waals surface area contributed by atoms with Crippen molar-refractivity contribution in [2.75, 3.05) is 32.6 Å². The van der Waals surface area contributed by atoms with E-state index >= 15 is 0 Å². The highest BCUT2D eigenvalue weighted by atomic mass is 32.2. The van der Waals surface area contributed by atoms with E-state index in [1.54, 1.807) is 17.7 Å². The summed E-state index contributed by atoms with van der Waals surface area (Å²) in [5.74, 6) is 1.09. The predicted octanol–water partition coefficient (Wildman–Crippen LogP) is 2.95. The summed E-state index contributed by atoms with van der Waals surface area (Å²) in [6.07, 6.45) is 2.11. The van der Waals surface area contributed by atoms with Crippen LogP contribution in [0.5, 0.6) is 0 Å². The number of fused-ring (bicyclic) bond motifs is 1. The number of benzene rings is 1. The maximum atomic E-state index is 13.0. The maximum absolute atomic E-state index is 13.0. The number of para-hydroxylation sites is 1. The lowest BCUT2D eigenvalue weighted by Crippen LogP contribution is -2.39. The highest BCUT2D eigenvalue weighted by Crippen LogP contribution is 2.23. The third-order valence-electron chi connectivity index (χ3n) is 5.09. The number of hydrogen-bond donors (Lipinski definition) is 0. The van der Waals surface area contributed by atoms with Gasteiger partial charge >= 0.3 is 0 Å². The molecule has 2 heterocycles. The van der Waals surface area contributed by atoms with Crippen molar-refractivity contribution in [3.8, 4) is 0 Å². The Labute approximate surface area is 163 Å². The molecule has 27 heavy (non-hydrogen) atoms. The summed E-state index contributed by atoms with van der Waals surface area (Å²) >= 11 is 1.34. The van der Waals surface area contributed by atoms with Gasteiger partial charge in [-0.05, 0) is 37.8 Å². The van der Waals surface area contributed by atoms with Crippen molar-refractivity contribution in [3.05, 3.63) is 34.6 Å². The van der Waals surface area contributed by atoms with Gasteiger partial charge in [-0.2, -0.15) is 0 Å². The van der Waals surface area contributed by atoms with Crippen LogP contribution in [0.1, 0.15) is 32.7 Å². The van der Waals surface area contributed by atoms with Gasteiger partial charge in [-0.1, -0.05) is 30.8 Å². The Kier molecular flexibility index (Phi) is 6.55. The molecule has 0 unspecified atom stereocenters. The molecule has 1 fully saturated rings. The average molecular weight is 390 g/mol. The summed E-state index contributed by atoms with van der Waals surface area (Å²) in [6.45, 7) is 6.20. The lowest BCUT2D eigenvalue weighted by atomic mass is 9.99. The van der Waals surface area contributed by atoms with Crippen LogP contribution >= 0.6 is 11.8 Å². The fourth-order valence-electron chi connectivity index (χ4n) is 3.41. The Hall–Kier alpha value is -1.86. The third kappa shape index (κ3) is 4.52. The van der Waals surface area contributed by atoms with E-state index in [2.05, 4.69) is 11.9 Å². The molecule has 0 saturated carbocycles. The van der Waals surface area contributed by atoms with Gasteiger partial charge in [0.2, 0.25) is 5.91 Å². The fourth-order valence-corrected chi connectivity index (χ4v) is 4.41. The second-order valence-electron chi connectivity index (χ2n) is 7.24. The van der Waals surface area contributed by atoms with Gasteiger partial charge < -0.3 is 9.64 Å². The van der Waals surface area contributed by atoms with Gasteiger partial charge in [0, 0.05) is 20.2 Å². The van der Waals surface area contributed by atoms with E-state index in [4.69, 9.17) is 4.74 Å². The maximum Gasteiger partial charge on any atom is 0.262 e. The molecule has 0 radical (unpaired) electrons. The van der Waals surface area contributed by atoms with E-state index in [0.717, 1.165) is 25.9 Å². The molecule has 1 aliphatic rings. The van der Waals surface area contributed by atoms with Crippen molar-refractivity contribution in [2.45, 2.75) is 37.9 Å². The molecular formula is C20H27N3O3S. The Morgan fingerprint density at radius 3 is 2.74 bits per heavy atom. The van der Waals surface area contributed by atoms with Crippen molar-refractivity contribution in [2.24, 2.45) is 5.92 Å². The standard InChI is InChI=1S/C20H27N3O3S/c1-14-8-10-22(11-9-14)18(24)13-27-20-21-17-7-5-4-6-16(17)19(25)23(20)15(2)12-26-3/h4-7,14-15H,8-13H2,1-3H3/t15-/m1/s1. The van der Waals surface area contributed by atoms with Gasteiger partial charge in [0.05, 0.1) is 29.3 Å². The third-order valence-corrected chi connectivity index (χ3v) is 6.02. The van der Waals surface area contributed by atoms with Crippen LogP contribution in [0.2, 0.25) is 0 Å². The number of rotatable bonds is 6. The zero-order valence-corrected chi connectivity index (χ0v) is 17.0. The number of hydrogen-bond acceptors (Lipinski definition) is 5. The number of carbonyl (C=O) groups is 1. The number of methoxy groups -OCH3 is 1. The van der Waals surface area contributed by atoms with Crippen LogP contribution in [0.15, 0.2) is 34.2 Å². The molecule has 3 rings (SSSR count). The number of piperidine rings is 1. The van der Waals surface area contributed by atoms with Gasteiger partial charge in [-0.3, -0.25) is 14.2 Å². The molecule has 1 atom stereocenters. The van der Waals surface area contributed by atoms with Crippen LogP contribution in [-0.4, -0.2) is 52.9 Å². The molecule has 6 nitrogen and oxygen atoms in total. The first-order valence-electron chi connectivity index (χ1n) is 9.42. The Bertz CT molecular complexity index is 859. The molecule has 146 valence electrons. The molecule has 0 bridgehead atoms. The normalized spacial score (nSPS) is 16.6. The smallest absolute Gasteiger partial charge is 0.262 e. The number of nitrogens with zero attached hydrogens (tertiary/aromatic N) is 3. The van der Waals surface area contributed by atoms with E-state index in [9.17, 15) is 9.59 Å². The first kappa shape index (κ1) is 19.9. The number of carbonyl (C=O) groups excluding carboxylic acids is 1. The van der Waals surface area contributed by atoms with E-state index in [-0.39, 0.29) is 17.5 Å². The van der Waals surface area contributed by atoms with Crippen LogP contribution in [0.3, 0.4) is 0 Å². The summed E-state index contributed by atoms with van der Waals surface area (Å²) in [6, 6.07) is 7.17. The summed E-state index contributed by atoms with van der Waals surface area (Å²) in [7, 11) is 1.61. The van der Waals surface area contributed by atoms with Crippen molar-refractivity contribution >= 4 is 28.6 Å². The van der Waals surface area contributed by atoms with Crippen molar-refractivity contribution in [3.63, 3.8) is 0 Å². The molecule has 0 N–H and O–H groups in total. The minimum absolute atomic E-state index is 0.0908. The van der Waals surface area contributed by atoms with Crippen LogP contribution in [-0.2, 0) is 9.53 Å². The highest BCUT2D eigenvalue weighted by Gasteiger charge is 2.22. The van der Waals surface area contributed by atoms with E-state index in [1.807, 2.05) is 30.0 Å². The minimum atomic E-state index is -0.159. The first-order chi connectivity index (χ1) is 13.0. The number of ether oxygens (including phenoxy) is 1. The molecule has 0 aliphatic carbocycles. The van der Waals surface area contributed by atoms with Gasteiger partial charge in [0.1, 0.15) is 0 Å². The minimum Gasteiger partial charge on any atom is -0.383 e. The summed E-state index contributed by atoms with van der Waals surface area (Å²) in [5.41, 5.74) is 0.567. The Morgan fingerprint density at radius 2 is 2.04 bits per heavy atom. The van der Waals surface area contributed by atoms with Crippen molar-refractivity contribution in [1.29, 1.82) is 0 Å². The number of thioether (sulfide) groups is 1. The monoisotopic (exact) mass is 389 g/mol. The van der Waals surface area contributed by atoms with E-state index in [0.29, 0.717) is 34.3 Å². The van der Waals surface area contributed by atoms with E-state index in [1.165, 1.54) is 11.8 Å². The lowest BCUT2D eigenvalue weighted by molar-refractivity contribution is -0.129. The number of amides is 1. The Balaban J connectivity index is 1.85. The summed E-state index contributed by atoms with van der Waals surface area (Å²) in [5, 5.41) is 1.16. The second-order valence-corrected chi connectivity index (χ2v) is 8.19. The Morgan fingerprint density at radius 1 is 1.33 bits per heavy atom. The first-order valence-corrected chi connectivity index (χ1v) is 10.4. The van der Waals surface area contributed by atoms with Crippen LogP contribution in [0.4, 0.5) is 0 Å². The number of aromatic nitrogens is 2. The van der Waals surface area contributed by atoms with Gasteiger partial charge in [0.25, 0.3) is 5.56 Å². The van der Waals surface area contributed by atoms with Crippen LogP contribution in [0.25, 0.3) is 10.9 Å². The van der Waals surface area contributed by atoms with Crippen LogP contribution in [0, 0.1) is 5.92 Å². The molecule has 7 heteroatoms. The molecule has 0 spiro atoms. The molecule has 1 saturated heterocycles. The molecular weight excluding hydrogens is 362 g/mol. The van der Waals surface area contributed by atoms with Gasteiger partial charge in [-0.25, -0.2) is 4.98 Å². The second kappa shape index (κ2) is 8.89. The van der Waals surface area contributed by atoms with E-state index < -0.39 is 0 Å². The SMILES string of the molecule is COC[C@@H](C)n1c(SCC(=O)N2CCC(C)CC2)nc2ccccc2c1=O. The molecule has 1 aliphatic heterocycles. The summed E-state index contributed by atoms with van der Waals surface area (Å²) in [4.78, 5) is 32.2. The highest BCUT2D eigenvalue weighted by molar-refractivity contribution is 7.99.